The molecule has 27 heavy (non-hydrogen) atoms. The van der Waals surface area contributed by atoms with Crippen LogP contribution >= 0.6 is 0 Å². The minimum atomic E-state index is -0.986. The van der Waals surface area contributed by atoms with Crippen LogP contribution in [0.3, 0.4) is 0 Å². The third kappa shape index (κ3) is 3.26. The summed E-state index contributed by atoms with van der Waals surface area (Å²) in [6, 6.07) is 13.2. The summed E-state index contributed by atoms with van der Waals surface area (Å²) in [7, 11) is 0. The molecule has 3 N–H and O–H groups in total. The van der Waals surface area contributed by atoms with Gasteiger partial charge in [0.05, 0.1) is 26.2 Å². The smallest absolute Gasteiger partial charge is 0.329 e. The van der Waals surface area contributed by atoms with Gasteiger partial charge in [-0.2, -0.15) is 0 Å². The molecule has 2 aromatic rings. The Morgan fingerprint density at radius 2 is 1.74 bits per heavy atom. The molecule has 7 heteroatoms. The van der Waals surface area contributed by atoms with E-state index in [1.807, 2.05) is 42.7 Å². The van der Waals surface area contributed by atoms with Crippen LogP contribution in [-0.4, -0.2) is 49.7 Å². The molecule has 1 atom stereocenters. The fourth-order valence-electron chi connectivity index (χ4n) is 3.86. The molecule has 4 rings (SSSR count). The van der Waals surface area contributed by atoms with Crippen LogP contribution in [0, 0.1) is 0 Å². The van der Waals surface area contributed by atoms with Gasteiger partial charge in [-0.3, -0.25) is 4.79 Å². The van der Waals surface area contributed by atoms with Crippen molar-refractivity contribution >= 4 is 17.6 Å². The predicted octanol–water partition coefficient (Wildman–Crippen LogP) is -0.370. The Balaban J connectivity index is 1.40. The van der Waals surface area contributed by atoms with Crippen LogP contribution in [0.4, 0.5) is 10.5 Å². The van der Waals surface area contributed by atoms with E-state index in [2.05, 4.69) is 27.3 Å². The number of hydrogen-bond donors (Lipinski definition) is 2. The number of aromatic amines is 1. The molecule has 7 nitrogen and oxygen atoms in total. The normalized spacial score (nSPS) is 23.6. The molecule has 2 aliphatic heterocycles. The number of aromatic nitrogens is 1. The summed E-state index contributed by atoms with van der Waals surface area (Å²) in [4.78, 5) is 33.5. The summed E-state index contributed by atoms with van der Waals surface area (Å²) in [5.74, 6) is -0.174. The maximum atomic E-state index is 13.0. The quantitative estimate of drug-likeness (QED) is 0.725. The number of amides is 3. The number of benzene rings is 1. The van der Waals surface area contributed by atoms with E-state index in [1.54, 1.807) is 6.92 Å². The predicted molar refractivity (Wildman–Crippen MR) is 99.9 cm³/mol. The monoisotopic (exact) mass is 367 g/mol. The van der Waals surface area contributed by atoms with Gasteiger partial charge in [0.15, 0.2) is 19.1 Å². The van der Waals surface area contributed by atoms with Crippen molar-refractivity contribution in [3.63, 3.8) is 0 Å². The largest absolute Gasteiger partial charge is 0.360 e. The van der Waals surface area contributed by atoms with Gasteiger partial charge in [-0.1, -0.05) is 30.3 Å². The molecule has 2 aliphatic rings. The molecule has 0 bridgehead atoms. The summed E-state index contributed by atoms with van der Waals surface area (Å²) in [5, 5.41) is 2.88. The minimum absolute atomic E-state index is 0.174. The number of carbonyl (C=O) groups is 2. The van der Waals surface area contributed by atoms with Gasteiger partial charge < -0.3 is 15.1 Å². The lowest BCUT2D eigenvalue weighted by Crippen LogP contribution is -3.16. The Hall–Kier alpha value is -2.93. The van der Waals surface area contributed by atoms with Crippen LogP contribution in [0.15, 0.2) is 54.9 Å². The second-order valence-corrected chi connectivity index (χ2v) is 7.31. The van der Waals surface area contributed by atoms with Crippen LogP contribution in [0.1, 0.15) is 12.5 Å². The number of rotatable bonds is 4. The summed E-state index contributed by atoms with van der Waals surface area (Å²) >= 11 is 0. The molecule has 140 valence electrons. The molecule has 0 unspecified atom stereocenters. The number of urea groups is 1. The molecule has 0 saturated carbocycles. The maximum Gasteiger partial charge on any atom is 0.329 e. The van der Waals surface area contributed by atoms with Crippen molar-refractivity contribution < 1.29 is 19.5 Å². The highest BCUT2D eigenvalue weighted by atomic mass is 16.2. The van der Waals surface area contributed by atoms with Crippen molar-refractivity contribution in [3.05, 3.63) is 60.4 Å². The number of H-pyrrole nitrogens is 1. The van der Waals surface area contributed by atoms with Gasteiger partial charge >= 0.3 is 6.03 Å². The topological polar surface area (TPSA) is 71.2 Å². The van der Waals surface area contributed by atoms with Crippen LogP contribution < -0.4 is 20.1 Å². The summed E-state index contributed by atoms with van der Waals surface area (Å²) in [6.45, 7) is 5.76. The van der Waals surface area contributed by atoms with Crippen LogP contribution in [0.5, 0.6) is 0 Å². The second-order valence-electron chi connectivity index (χ2n) is 7.31. The number of nitrogens with zero attached hydrogens (tertiary/aromatic N) is 2. The third-order valence-corrected chi connectivity index (χ3v) is 5.54. The Morgan fingerprint density at radius 1 is 1.07 bits per heavy atom. The molecular weight excluding hydrogens is 342 g/mol. The van der Waals surface area contributed by atoms with Gasteiger partial charge in [0.1, 0.15) is 5.54 Å². The zero-order chi connectivity index (χ0) is 18.9. The highest BCUT2D eigenvalue weighted by Crippen LogP contribution is 2.27. The van der Waals surface area contributed by atoms with Gasteiger partial charge in [-0.05, 0) is 12.5 Å². The van der Waals surface area contributed by atoms with Crippen molar-refractivity contribution in [2.75, 3.05) is 37.7 Å². The van der Waals surface area contributed by atoms with E-state index >= 15 is 0 Å². The SMILES string of the molecule is C[C@@]1(c2ccccc2)NC(=O)N(C[NH+]2CCN(c3cc[nH+]cc3)CC2)C1=O. The first-order chi connectivity index (χ1) is 13.1. The van der Waals surface area contributed by atoms with Crippen LogP contribution in [-0.2, 0) is 10.3 Å². The molecule has 1 aromatic heterocycles. The molecule has 3 heterocycles. The number of imide groups is 1. The van der Waals surface area contributed by atoms with E-state index in [0.717, 1.165) is 31.7 Å². The lowest BCUT2D eigenvalue weighted by Gasteiger charge is -2.34. The highest BCUT2D eigenvalue weighted by molar-refractivity contribution is 6.07. The molecule has 0 radical (unpaired) electrons. The van der Waals surface area contributed by atoms with Gasteiger partial charge in [0, 0.05) is 17.8 Å². The number of hydrogen-bond acceptors (Lipinski definition) is 3. The van der Waals surface area contributed by atoms with Crippen molar-refractivity contribution in [1.82, 2.24) is 10.2 Å². The zero-order valence-electron chi connectivity index (χ0n) is 15.4. The molecular formula is C20H25N5O2+2. The number of quaternary nitrogens is 1. The zero-order valence-corrected chi connectivity index (χ0v) is 15.4. The van der Waals surface area contributed by atoms with E-state index in [0.29, 0.717) is 6.67 Å². The third-order valence-electron chi connectivity index (χ3n) is 5.54. The molecule has 3 amide bonds. The van der Waals surface area contributed by atoms with Crippen molar-refractivity contribution in [2.45, 2.75) is 12.5 Å². The first kappa shape index (κ1) is 17.5. The average molecular weight is 367 g/mol. The molecule has 0 spiro atoms. The summed E-state index contributed by atoms with van der Waals surface area (Å²) < 4.78 is 0. The number of pyridine rings is 1. The Labute approximate surface area is 158 Å². The maximum absolute atomic E-state index is 13.0. The van der Waals surface area contributed by atoms with Crippen molar-refractivity contribution in [2.24, 2.45) is 0 Å². The number of carbonyl (C=O) groups excluding carboxylic acids is 2. The second kappa shape index (κ2) is 7.00. The average Bonchev–Trinajstić information content (AvgIpc) is 2.94. The Kier molecular flexibility index (Phi) is 4.53. The van der Waals surface area contributed by atoms with Crippen molar-refractivity contribution in [1.29, 1.82) is 0 Å². The van der Waals surface area contributed by atoms with E-state index in [9.17, 15) is 9.59 Å². The van der Waals surface area contributed by atoms with Gasteiger partial charge in [-0.15, -0.1) is 0 Å². The lowest BCUT2D eigenvalue weighted by molar-refractivity contribution is -0.907. The highest BCUT2D eigenvalue weighted by Gasteiger charge is 2.50. The molecule has 1 aromatic carbocycles. The van der Waals surface area contributed by atoms with Gasteiger partial charge in [0.2, 0.25) is 0 Å². The number of anilines is 1. The molecule has 2 saturated heterocycles. The van der Waals surface area contributed by atoms with E-state index in [1.165, 1.54) is 15.5 Å². The fourth-order valence-corrected chi connectivity index (χ4v) is 3.86. The minimum Gasteiger partial charge on any atom is -0.360 e. The van der Waals surface area contributed by atoms with Crippen molar-refractivity contribution in [3.8, 4) is 0 Å². The first-order valence-corrected chi connectivity index (χ1v) is 9.32. The Bertz CT molecular complexity index is 821. The van der Waals surface area contributed by atoms with Gasteiger partial charge in [0.25, 0.3) is 5.91 Å². The lowest BCUT2D eigenvalue weighted by atomic mass is 9.92. The summed E-state index contributed by atoms with van der Waals surface area (Å²) in [6.07, 6.45) is 3.85. The van der Waals surface area contributed by atoms with E-state index in [4.69, 9.17) is 0 Å². The number of nitrogens with one attached hydrogen (secondary N) is 3. The standard InChI is InChI=1S/C20H23N5O2/c1-20(16-5-3-2-4-6-16)18(26)25(19(27)22-20)15-23-11-13-24(14-12-23)17-7-9-21-10-8-17/h2-10H,11-15H2,1H3,(H,22,27)/p+2/t20-/m0/s1. The summed E-state index contributed by atoms with van der Waals surface area (Å²) in [5.41, 5.74) is 1.02. The molecule has 2 fully saturated rings. The van der Waals surface area contributed by atoms with E-state index in [-0.39, 0.29) is 11.9 Å². The molecule has 0 aliphatic carbocycles. The first-order valence-electron chi connectivity index (χ1n) is 9.32. The Morgan fingerprint density at radius 3 is 2.41 bits per heavy atom. The van der Waals surface area contributed by atoms with E-state index < -0.39 is 5.54 Å². The van der Waals surface area contributed by atoms with Crippen LogP contribution in [0.2, 0.25) is 0 Å². The fraction of sp³-hybridized carbons (Fsp3) is 0.350. The van der Waals surface area contributed by atoms with Gasteiger partial charge in [-0.25, -0.2) is 14.7 Å². The van der Waals surface area contributed by atoms with Crippen LogP contribution in [0.25, 0.3) is 0 Å². The number of piperazine rings is 1.